The molecule has 1 aromatic heterocycles. The van der Waals surface area contributed by atoms with Crippen LogP contribution in [0.4, 0.5) is 4.39 Å². The maximum absolute atomic E-state index is 14.3. The van der Waals surface area contributed by atoms with Crippen molar-refractivity contribution in [3.8, 4) is 0 Å². The molecule has 0 unspecified atom stereocenters. The summed E-state index contributed by atoms with van der Waals surface area (Å²) in [6.45, 7) is 9.49. The summed E-state index contributed by atoms with van der Waals surface area (Å²) in [6, 6.07) is 7.42. The fourth-order valence-corrected chi connectivity index (χ4v) is 3.98. The number of rotatable bonds is 12. The van der Waals surface area contributed by atoms with Crippen LogP contribution in [0.5, 0.6) is 0 Å². The minimum atomic E-state index is -1.22. The van der Waals surface area contributed by atoms with Crippen molar-refractivity contribution < 1.29 is 19.0 Å². The van der Waals surface area contributed by atoms with E-state index in [4.69, 9.17) is 4.74 Å². The highest BCUT2D eigenvalue weighted by atomic mass is 28.3. The van der Waals surface area contributed by atoms with Gasteiger partial charge in [0.2, 0.25) is 0 Å². The second kappa shape index (κ2) is 10.6. The van der Waals surface area contributed by atoms with Gasteiger partial charge in [0.05, 0.1) is 5.92 Å². The van der Waals surface area contributed by atoms with Crippen LogP contribution in [0.15, 0.2) is 24.3 Å². The maximum Gasteiger partial charge on any atom is 0.307 e. The number of tetrazole rings is 1. The lowest BCUT2D eigenvalue weighted by Gasteiger charge is -2.23. The summed E-state index contributed by atoms with van der Waals surface area (Å²) >= 11 is 0. The number of hydrogen-bond donors (Lipinski definition) is 1. The molecule has 0 aliphatic carbocycles. The molecule has 0 aliphatic heterocycles. The Morgan fingerprint density at radius 1 is 1.31 bits per heavy atom. The van der Waals surface area contributed by atoms with Gasteiger partial charge in [-0.1, -0.05) is 51.2 Å². The van der Waals surface area contributed by atoms with Gasteiger partial charge in [0, 0.05) is 20.6 Å². The average Bonchev–Trinajstić information content (AvgIpc) is 3.10. The van der Waals surface area contributed by atoms with Crippen molar-refractivity contribution in [2.75, 3.05) is 6.61 Å². The molecule has 0 radical (unpaired) electrons. The zero-order valence-electron chi connectivity index (χ0n) is 17.6. The molecular weight excluding hydrogens is 391 g/mol. The average molecular weight is 423 g/mol. The van der Waals surface area contributed by atoms with Crippen molar-refractivity contribution in [1.82, 2.24) is 20.2 Å². The second-order valence-electron chi connectivity index (χ2n) is 8.52. The van der Waals surface area contributed by atoms with Gasteiger partial charge in [0.15, 0.2) is 5.82 Å². The number of carboxylic acids is 1. The van der Waals surface area contributed by atoms with Crippen molar-refractivity contribution in [3.05, 3.63) is 41.5 Å². The first-order valence-electron chi connectivity index (χ1n) is 10.0. The van der Waals surface area contributed by atoms with E-state index in [1.807, 2.05) is 6.92 Å². The van der Waals surface area contributed by atoms with Crippen LogP contribution >= 0.6 is 0 Å². The van der Waals surface area contributed by atoms with E-state index < -0.39 is 25.9 Å². The Hall–Kier alpha value is -2.13. The normalized spacial score (nSPS) is 14.0. The molecule has 0 fully saturated rings. The molecule has 0 aliphatic rings. The molecule has 2 rings (SSSR count). The molecule has 29 heavy (non-hydrogen) atoms. The van der Waals surface area contributed by atoms with Crippen LogP contribution in [-0.2, 0) is 22.7 Å². The molecule has 1 heterocycles. The van der Waals surface area contributed by atoms with Crippen LogP contribution < -0.4 is 0 Å². The SMILES string of the molecule is CCC[C@H](C(=O)O)[C@H](Cc1ccccc1F)c1nnnn1COCC[Si](C)(C)C. The van der Waals surface area contributed by atoms with E-state index in [9.17, 15) is 14.3 Å². The molecule has 0 saturated heterocycles. The Morgan fingerprint density at radius 2 is 2.03 bits per heavy atom. The molecule has 0 saturated carbocycles. The van der Waals surface area contributed by atoms with E-state index >= 15 is 0 Å². The smallest absolute Gasteiger partial charge is 0.307 e. The predicted octanol–water partition coefficient (Wildman–Crippen LogP) is 3.95. The molecule has 0 amide bonds. The summed E-state index contributed by atoms with van der Waals surface area (Å²) < 4.78 is 21.5. The lowest BCUT2D eigenvalue weighted by atomic mass is 9.83. The van der Waals surface area contributed by atoms with Crippen LogP contribution in [-0.4, -0.2) is 46.0 Å². The van der Waals surface area contributed by atoms with Gasteiger partial charge in [-0.25, -0.2) is 9.07 Å². The van der Waals surface area contributed by atoms with Gasteiger partial charge < -0.3 is 9.84 Å². The van der Waals surface area contributed by atoms with Gasteiger partial charge >= 0.3 is 5.97 Å². The number of ether oxygens (including phenoxy) is 1. The maximum atomic E-state index is 14.3. The molecule has 7 nitrogen and oxygen atoms in total. The van der Waals surface area contributed by atoms with Crippen molar-refractivity contribution in [1.29, 1.82) is 0 Å². The molecule has 1 N–H and O–H groups in total. The number of benzene rings is 1. The van der Waals surface area contributed by atoms with Crippen molar-refractivity contribution in [2.45, 2.75) is 64.5 Å². The lowest BCUT2D eigenvalue weighted by Crippen LogP contribution is -2.28. The molecule has 2 atom stereocenters. The van der Waals surface area contributed by atoms with Gasteiger partial charge in [0.25, 0.3) is 0 Å². The molecule has 1 aromatic carbocycles. The quantitative estimate of drug-likeness (QED) is 0.411. The van der Waals surface area contributed by atoms with Crippen LogP contribution in [0.3, 0.4) is 0 Å². The molecule has 9 heteroatoms. The lowest BCUT2D eigenvalue weighted by molar-refractivity contribution is -0.143. The Balaban J connectivity index is 2.26. The summed E-state index contributed by atoms with van der Waals surface area (Å²) in [4.78, 5) is 12.0. The van der Waals surface area contributed by atoms with Crippen LogP contribution in [0.2, 0.25) is 25.7 Å². The van der Waals surface area contributed by atoms with E-state index in [1.165, 1.54) is 10.7 Å². The Morgan fingerprint density at radius 3 is 2.66 bits per heavy atom. The van der Waals surface area contributed by atoms with Crippen LogP contribution in [0.25, 0.3) is 0 Å². The van der Waals surface area contributed by atoms with E-state index in [0.29, 0.717) is 30.8 Å². The third kappa shape index (κ3) is 7.00. The fraction of sp³-hybridized carbons (Fsp3) is 0.600. The first kappa shape index (κ1) is 23.1. The van der Waals surface area contributed by atoms with Crippen molar-refractivity contribution >= 4 is 14.0 Å². The number of aromatic nitrogens is 4. The van der Waals surface area contributed by atoms with Gasteiger partial charge in [-0.2, -0.15) is 0 Å². The summed E-state index contributed by atoms with van der Waals surface area (Å²) in [6.07, 6.45) is 1.36. The molecule has 2 aromatic rings. The van der Waals surface area contributed by atoms with Gasteiger partial charge in [-0.3, -0.25) is 4.79 Å². The monoisotopic (exact) mass is 422 g/mol. The summed E-state index contributed by atoms with van der Waals surface area (Å²) in [5, 5.41) is 21.7. The van der Waals surface area contributed by atoms with Crippen LogP contribution in [0, 0.1) is 11.7 Å². The van der Waals surface area contributed by atoms with Crippen molar-refractivity contribution in [3.63, 3.8) is 0 Å². The zero-order chi connectivity index (χ0) is 21.4. The number of nitrogens with zero attached hydrogens (tertiary/aromatic N) is 4. The number of carboxylic acid groups (broad SMARTS) is 1. The Bertz CT molecular complexity index is 794. The topological polar surface area (TPSA) is 90.1 Å². The Kier molecular flexibility index (Phi) is 8.45. The standard InChI is InChI=1S/C20H31FN4O3Si/c1-5-8-16(20(26)27)17(13-15-9-6-7-10-18(15)21)19-22-23-24-25(19)14-28-11-12-29(2,3)4/h6-7,9-10,16-17H,5,8,11-14H2,1-4H3,(H,26,27)/t16-,17-/m0/s1. The minimum absolute atomic E-state index is 0.152. The van der Waals surface area contributed by atoms with E-state index in [-0.39, 0.29) is 19.0 Å². The second-order valence-corrected chi connectivity index (χ2v) is 14.1. The largest absolute Gasteiger partial charge is 0.481 e. The highest BCUT2D eigenvalue weighted by Gasteiger charge is 2.33. The third-order valence-corrected chi connectivity index (χ3v) is 6.61. The molecule has 0 spiro atoms. The predicted molar refractivity (Wildman–Crippen MR) is 111 cm³/mol. The highest BCUT2D eigenvalue weighted by molar-refractivity contribution is 6.76. The number of carbonyl (C=O) groups is 1. The third-order valence-electron chi connectivity index (χ3n) is 4.90. The van der Waals surface area contributed by atoms with Gasteiger partial charge in [0.1, 0.15) is 12.5 Å². The van der Waals surface area contributed by atoms with Crippen LogP contribution in [0.1, 0.15) is 37.1 Å². The molecule has 160 valence electrons. The van der Waals surface area contributed by atoms with E-state index in [1.54, 1.807) is 18.2 Å². The van der Waals surface area contributed by atoms with E-state index in [2.05, 4.69) is 35.2 Å². The summed E-state index contributed by atoms with van der Waals surface area (Å²) in [5.41, 5.74) is 0.453. The van der Waals surface area contributed by atoms with E-state index in [0.717, 1.165) is 6.04 Å². The van der Waals surface area contributed by atoms with Gasteiger partial charge in [-0.15, -0.1) is 5.10 Å². The minimum Gasteiger partial charge on any atom is -0.481 e. The first-order valence-corrected chi connectivity index (χ1v) is 13.7. The van der Waals surface area contributed by atoms with Crippen molar-refractivity contribution in [2.24, 2.45) is 5.92 Å². The number of aliphatic carboxylic acids is 1. The first-order chi connectivity index (χ1) is 13.7. The molecule has 0 bridgehead atoms. The summed E-state index contributed by atoms with van der Waals surface area (Å²) in [7, 11) is -1.22. The summed E-state index contributed by atoms with van der Waals surface area (Å²) in [5.74, 6) is -2.14. The number of halogens is 1. The number of hydrogen-bond acceptors (Lipinski definition) is 5. The Labute approximate surface area is 172 Å². The highest BCUT2D eigenvalue weighted by Crippen LogP contribution is 2.31. The zero-order valence-corrected chi connectivity index (χ0v) is 18.6. The fourth-order valence-electron chi connectivity index (χ4n) is 3.22. The van der Waals surface area contributed by atoms with Gasteiger partial charge in [-0.05, 0) is 40.9 Å². The molecular formula is C20H31FN4O3Si.